The fourth-order valence-corrected chi connectivity index (χ4v) is 2.88. The van der Waals surface area contributed by atoms with Crippen molar-refractivity contribution in [3.8, 4) is 23.1 Å². The summed E-state index contributed by atoms with van der Waals surface area (Å²) in [6.07, 6.45) is 1.42. The second kappa shape index (κ2) is 9.82. The predicted octanol–water partition coefficient (Wildman–Crippen LogP) is 4.81. The number of anilines is 1. The molecule has 0 aliphatic carbocycles. The van der Waals surface area contributed by atoms with Crippen LogP contribution in [0.5, 0.6) is 23.1 Å². The minimum absolute atomic E-state index is 0.115. The monoisotopic (exact) mass is 441 g/mol. The van der Waals surface area contributed by atoms with Crippen molar-refractivity contribution >= 4 is 29.2 Å². The molecule has 0 saturated heterocycles. The first-order valence-corrected chi connectivity index (χ1v) is 9.52. The highest BCUT2D eigenvalue weighted by Crippen LogP contribution is 2.28. The molecule has 3 aromatic rings. The number of hydrogen-bond donors (Lipinski definition) is 2. The zero-order valence-electron chi connectivity index (χ0n) is 17.1. The van der Waals surface area contributed by atoms with Gasteiger partial charge in [-0.2, -0.15) is 0 Å². The van der Waals surface area contributed by atoms with Gasteiger partial charge >= 0.3 is 6.03 Å². The lowest BCUT2D eigenvalue weighted by Crippen LogP contribution is -2.34. The van der Waals surface area contributed by atoms with Crippen LogP contribution in [0.1, 0.15) is 15.9 Å². The molecule has 2 N–H and O–H groups in total. The molecular formula is C22H20ClN3O5. The van der Waals surface area contributed by atoms with Crippen LogP contribution in [-0.4, -0.2) is 31.1 Å². The standard InChI is InChI=1S/C22H20ClN3O5/c1-13-11-15(12-24-21(13)31-16-9-7-14(23)8-10-16)25-22(28)26-20(27)19-17(29-2)5-4-6-18(19)30-3/h4-12H,1-3H3,(H2,25,26,27,28). The van der Waals surface area contributed by atoms with Crippen LogP contribution in [0.2, 0.25) is 5.02 Å². The summed E-state index contributed by atoms with van der Waals surface area (Å²) in [5, 5.41) is 5.42. The van der Waals surface area contributed by atoms with Gasteiger partial charge in [0.1, 0.15) is 22.8 Å². The van der Waals surface area contributed by atoms with Gasteiger partial charge in [0.05, 0.1) is 26.1 Å². The van der Waals surface area contributed by atoms with E-state index in [2.05, 4.69) is 15.6 Å². The first-order valence-electron chi connectivity index (χ1n) is 9.14. The van der Waals surface area contributed by atoms with Gasteiger partial charge in [0.15, 0.2) is 0 Å². The Hall–Kier alpha value is -3.78. The third kappa shape index (κ3) is 5.43. The molecule has 0 aliphatic rings. The summed E-state index contributed by atoms with van der Waals surface area (Å²) in [6.45, 7) is 1.78. The SMILES string of the molecule is COc1cccc(OC)c1C(=O)NC(=O)Nc1cnc(Oc2ccc(Cl)cc2)c(C)c1. The molecule has 1 aromatic heterocycles. The van der Waals surface area contributed by atoms with Gasteiger partial charge in [0.2, 0.25) is 5.88 Å². The number of urea groups is 1. The summed E-state index contributed by atoms with van der Waals surface area (Å²) in [5.74, 6) is 0.855. The van der Waals surface area contributed by atoms with E-state index in [4.69, 9.17) is 25.8 Å². The Morgan fingerprint density at radius 3 is 2.23 bits per heavy atom. The molecule has 9 heteroatoms. The number of imide groups is 1. The Balaban J connectivity index is 1.68. The van der Waals surface area contributed by atoms with Gasteiger partial charge in [0, 0.05) is 10.6 Å². The van der Waals surface area contributed by atoms with Crippen molar-refractivity contribution in [3.63, 3.8) is 0 Å². The number of methoxy groups -OCH3 is 2. The topological polar surface area (TPSA) is 98.8 Å². The molecule has 0 saturated carbocycles. The van der Waals surface area contributed by atoms with Gasteiger partial charge in [-0.15, -0.1) is 0 Å². The lowest BCUT2D eigenvalue weighted by molar-refractivity contribution is 0.0961. The van der Waals surface area contributed by atoms with Crippen molar-refractivity contribution in [2.45, 2.75) is 6.92 Å². The van der Waals surface area contributed by atoms with Crippen molar-refractivity contribution in [1.29, 1.82) is 0 Å². The third-order valence-electron chi connectivity index (χ3n) is 4.20. The van der Waals surface area contributed by atoms with Crippen LogP contribution in [-0.2, 0) is 0 Å². The number of nitrogens with one attached hydrogen (secondary N) is 2. The summed E-state index contributed by atoms with van der Waals surface area (Å²) < 4.78 is 16.1. The fraction of sp³-hybridized carbons (Fsp3) is 0.136. The van der Waals surface area contributed by atoms with Gasteiger partial charge in [-0.1, -0.05) is 17.7 Å². The van der Waals surface area contributed by atoms with E-state index in [1.165, 1.54) is 20.4 Å². The maximum absolute atomic E-state index is 12.6. The van der Waals surface area contributed by atoms with Crippen molar-refractivity contribution in [3.05, 3.63) is 70.9 Å². The minimum atomic E-state index is -0.731. The Kier molecular flexibility index (Phi) is 6.94. The number of aryl methyl sites for hydroxylation is 1. The number of pyridine rings is 1. The van der Waals surface area contributed by atoms with E-state index >= 15 is 0 Å². The summed E-state index contributed by atoms with van der Waals surface area (Å²) >= 11 is 5.87. The second-order valence-corrected chi connectivity index (χ2v) is 6.78. The number of aromatic nitrogens is 1. The van der Waals surface area contributed by atoms with Gasteiger partial charge in [-0.3, -0.25) is 10.1 Å². The Bertz CT molecular complexity index is 1080. The lowest BCUT2D eigenvalue weighted by atomic mass is 10.1. The number of benzene rings is 2. The zero-order chi connectivity index (χ0) is 22.4. The Labute approximate surface area is 184 Å². The Morgan fingerprint density at radius 2 is 1.65 bits per heavy atom. The van der Waals surface area contributed by atoms with Gasteiger partial charge < -0.3 is 19.5 Å². The van der Waals surface area contributed by atoms with Crippen LogP contribution in [0.3, 0.4) is 0 Å². The molecule has 1 heterocycles. The maximum atomic E-state index is 12.6. The largest absolute Gasteiger partial charge is 0.496 e. The number of carbonyl (C=O) groups is 2. The molecule has 2 aromatic carbocycles. The highest BCUT2D eigenvalue weighted by molar-refractivity contribution is 6.30. The molecule has 3 amide bonds. The average molecular weight is 442 g/mol. The molecule has 0 fully saturated rings. The number of ether oxygens (including phenoxy) is 3. The van der Waals surface area contributed by atoms with E-state index in [9.17, 15) is 9.59 Å². The molecular weight excluding hydrogens is 422 g/mol. The fourth-order valence-electron chi connectivity index (χ4n) is 2.75. The van der Waals surface area contributed by atoms with Gasteiger partial charge in [0.25, 0.3) is 5.91 Å². The molecule has 8 nitrogen and oxygen atoms in total. The van der Waals surface area contributed by atoms with Crippen LogP contribution in [0.25, 0.3) is 0 Å². The number of hydrogen-bond acceptors (Lipinski definition) is 6. The van der Waals surface area contributed by atoms with E-state index in [0.717, 1.165) is 0 Å². The Morgan fingerprint density at radius 1 is 1.00 bits per heavy atom. The predicted molar refractivity (Wildman–Crippen MR) is 117 cm³/mol. The third-order valence-corrected chi connectivity index (χ3v) is 4.45. The van der Waals surface area contributed by atoms with Crippen LogP contribution < -0.4 is 24.8 Å². The molecule has 3 rings (SSSR count). The van der Waals surface area contributed by atoms with E-state index < -0.39 is 11.9 Å². The van der Waals surface area contributed by atoms with Crippen LogP contribution >= 0.6 is 11.6 Å². The summed E-state index contributed by atoms with van der Waals surface area (Å²) in [6, 6.07) is 12.7. The highest BCUT2D eigenvalue weighted by atomic mass is 35.5. The number of carbonyl (C=O) groups excluding carboxylic acids is 2. The number of halogens is 1. The molecule has 0 bridgehead atoms. The molecule has 0 unspecified atom stereocenters. The van der Waals surface area contributed by atoms with Crippen LogP contribution in [0, 0.1) is 6.92 Å². The molecule has 160 valence electrons. The molecule has 31 heavy (non-hydrogen) atoms. The number of amides is 3. The first-order chi connectivity index (χ1) is 14.9. The van der Waals surface area contributed by atoms with Crippen molar-refractivity contribution in [1.82, 2.24) is 10.3 Å². The van der Waals surface area contributed by atoms with E-state index in [1.54, 1.807) is 55.5 Å². The smallest absolute Gasteiger partial charge is 0.326 e. The van der Waals surface area contributed by atoms with E-state index in [0.29, 0.717) is 27.9 Å². The van der Waals surface area contributed by atoms with Gasteiger partial charge in [-0.25, -0.2) is 9.78 Å². The molecule has 0 aliphatic heterocycles. The second-order valence-electron chi connectivity index (χ2n) is 6.35. The first kappa shape index (κ1) is 21.9. The number of rotatable bonds is 6. The van der Waals surface area contributed by atoms with Crippen molar-refractivity contribution in [2.75, 3.05) is 19.5 Å². The maximum Gasteiger partial charge on any atom is 0.326 e. The van der Waals surface area contributed by atoms with Crippen LogP contribution in [0.15, 0.2) is 54.7 Å². The molecule has 0 atom stereocenters. The van der Waals surface area contributed by atoms with Crippen LogP contribution in [0.4, 0.5) is 10.5 Å². The summed E-state index contributed by atoms with van der Waals surface area (Å²) in [4.78, 5) is 29.1. The summed E-state index contributed by atoms with van der Waals surface area (Å²) in [7, 11) is 2.85. The van der Waals surface area contributed by atoms with E-state index in [1.807, 2.05) is 0 Å². The minimum Gasteiger partial charge on any atom is -0.496 e. The molecule has 0 radical (unpaired) electrons. The average Bonchev–Trinajstić information content (AvgIpc) is 2.76. The van der Waals surface area contributed by atoms with E-state index in [-0.39, 0.29) is 17.1 Å². The quantitative estimate of drug-likeness (QED) is 0.569. The van der Waals surface area contributed by atoms with Crippen molar-refractivity contribution < 1.29 is 23.8 Å². The van der Waals surface area contributed by atoms with Crippen molar-refractivity contribution in [2.24, 2.45) is 0 Å². The highest BCUT2D eigenvalue weighted by Gasteiger charge is 2.20. The normalized spacial score (nSPS) is 10.2. The van der Waals surface area contributed by atoms with Gasteiger partial charge in [-0.05, 0) is 49.4 Å². The summed E-state index contributed by atoms with van der Waals surface area (Å²) in [5.41, 5.74) is 1.19. The molecule has 0 spiro atoms. The lowest BCUT2D eigenvalue weighted by Gasteiger charge is -2.13. The zero-order valence-corrected chi connectivity index (χ0v) is 17.8. The number of nitrogens with zero attached hydrogens (tertiary/aromatic N) is 1.